The highest BCUT2D eigenvalue weighted by molar-refractivity contribution is 6.34. The van der Waals surface area contributed by atoms with E-state index < -0.39 is 5.97 Å². The van der Waals surface area contributed by atoms with E-state index in [4.69, 9.17) is 11.6 Å². The molecule has 2 aromatic rings. The number of pyridine rings is 1. The van der Waals surface area contributed by atoms with Crippen molar-refractivity contribution in [1.29, 1.82) is 0 Å². The molecule has 0 aliphatic carbocycles. The number of rotatable bonds is 7. The first kappa shape index (κ1) is 19.7. The number of anilines is 2. The Balaban J connectivity index is 2.11. The van der Waals surface area contributed by atoms with Gasteiger partial charge in [0.1, 0.15) is 5.82 Å². The predicted molar refractivity (Wildman–Crippen MR) is 102 cm³/mol. The zero-order valence-electron chi connectivity index (χ0n) is 14.9. The van der Waals surface area contributed by atoms with Crippen LogP contribution in [0.3, 0.4) is 0 Å². The lowest BCUT2D eigenvalue weighted by atomic mass is 10.2. The maximum absolute atomic E-state index is 12.5. The average molecular weight is 377 g/mol. The van der Waals surface area contributed by atoms with Gasteiger partial charge in [0, 0.05) is 24.8 Å². The Morgan fingerprint density at radius 3 is 2.65 bits per heavy atom. The van der Waals surface area contributed by atoms with E-state index in [-0.39, 0.29) is 5.91 Å². The van der Waals surface area contributed by atoms with Crippen LogP contribution in [-0.4, -0.2) is 56.1 Å². The number of hydrogen-bond acceptors (Lipinski definition) is 6. The lowest BCUT2D eigenvalue weighted by Crippen LogP contribution is -2.21. The number of likely N-dealkylation sites (N-methyl/N-ethyl adjacent to an activating group) is 1. The van der Waals surface area contributed by atoms with Crippen LogP contribution in [0.25, 0.3) is 0 Å². The Morgan fingerprint density at radius 1 is 1.19 bits per heavy atom. The molecule has 8 heteroatoms. The number of carbonyl (C=O) groups excluding carboxylic acids is 2. The monoisotopic (exact) mass is 376 g/mol. The van der Waals surface area contributed by atoms with Crippen molar-refractivity contribution >= 4 is 35.0 Å². The summed E-state index contributed by atoms with van der Waals surface area (Å²) in [6.45, 7) is 1.55. The third-order valence-corrected chi connectivity index (χ3v) is 3.85. The number of benzene rings is 1. The van der Waals surface area contributed by atoms with Crippen LogP contribution in [0.1, 0.15) is 20.7 Å². The van der Waals surface area contributed by atoms with Gasteiger partial charge >= 0.3 is 5.97 Å². The van der Waals surface area contributed by atoms with Gasteiger partial charge < -0.3 is 20.3 Å². The maximum Gasteiger partial charge on any atom is 0.337 e. The van der Waals surface area contributed by atoms with Gasteiger partial charge in [0.15, 0.2) is 0 Å². The molecule has 1 aromatic carbocycles. The summed E-state index contributed by atoms with van der Waals surface area (Å²) in [6.07, 6.45) is 1.55. The molecule has 0 saturated carbocycles. The van der Waals surface area contributed by atoms with E-state index in [2.05, 4.69) is 20.4 Å². The number of aromatic nitrogens is 1. The molecule has 1 heterocycles. The summed E-state index contributed by atoms with van der Waals surface area (Å²) in [6, 6.07) is 7.80. The van der Waals surface area contributed by atoms with E-state index in [0.717, 1.165) is 6.54 Å². The Morgan fingerprint density at radius 2 is 1.96 bits per heavy atom. The van der Waals surface area contributed by atoms with E-state index in [9.17, 15) is 9.59 Å². The van der Waals surface area contributed by atoms with E-state index in [1.54, 1.807) is 18.3 Å². The minimum absolute atomic E-state index is 0.299. The predicted octanol–water partition coefficient (Wildman–Crippen LogP) is 2.75. The molecule has 0 aliphatic heterocycles. The molecule has 2 rings (SSSR count). The van der Waals surface area contributed by atoms with Gasteiger partial charge in [-0.25, -0.2) is 9.78 Å². The third kappa shape index (κ3) is 5.44. The molecule has 0 atom stereocenters. The smallest absolute Gasteiger partial charge is 0.337 e. The molecule has 2 N–H and O–H groups in total. The van der Waals surface area contributed by atoms with E-state index in [1.807, 2.05) is 19.0 Å². The van der Waals surface area contributed by atoms with Crippen LogP contribution in [-0.2, 0) is 4.74 Å². The van der Waals surface area contributed by atoms with Crippen LogP contribution >= 0.6 is 11.6 Å². The highest BCUT2D eigenvalue weighted by Crippen LogP contribution is 2.24. The molecule has 0 unspecified atom stereocenters. The van der Waals surface area contributed by atoms with Crippen molar-refractivity contribution in [3.8, 4) is 0 Å². The van der Waals surface area contributed by atoms with Gasteiger partial charge in [-0.15, -0.1) is 0 Å². The number of ether oxygens (including phenoxy) is 1. The zero-order chi connectivity index (χ0) is 19.1. The number of carbonyl (C=O) groups is 2. The van der Waals surface area contributed by atoms with Crippen molar-refractivity contribution in [1.82, 2.24) is 9.88 Å². The topological polar surface area (TPSA) is 83.6 Å². The second-order valence-electron chi connectivity index (χ2n) is 5.80. The van der Waals surface area contributed by atoms with Gasteiger partial charge in [0.25, 0.3) is 5.91 Å². The van der Waals surface area contributed by atoms with Crippen LogP contribution in [0.5, 0.6) is 0 Å². The molecule has 0 bridgehead atoms. The standard InChI is InChI=1S/C18H21ClN4O3/c1-23(2)9-8-21-16-11-12(6-7-20-16)17(24)22-15-10-13(18(25)26-3)4-5-14(15)19/h4-7,10-11H,8-9H2,1-3H3,(H,20,21)(H,22,24). The van der Waals surface area contributed by atoms with Gasteiger partial charge in [-0.3, -0.25) is 4.79 Å². The average Bonchev–Trinajstić information content (AvgIpc) is 2.62. The second kappa shape index (κ2) is 9.17. The Bertz CT molecular complexity index is 796. The summed E-state index contributed by atoms with van der Waals surface area (Å²) in [5.41, 5.74) is 1.05. The van der Waals surface area contributed by atoms with Crippen LogP contribution < -0.4 is 10.6 Å². The van der Waals surface area contributed by atoms with E-state index >= 15 is 0 Å². The summed E-state index contributed by atoms with van der Waals surface area (Å²) >= 11 is 6.11. The summed E-state index contributed by atoms with van der Waals surface area (Å²) in [7, 11) is 5.24. The number of amides is 1. The summed E-state index contributed by atoms with van der Waals surface area (Å²) in [4.78, 5) is 30.4. The molecular weight excluding hydrogens is 356 g/mol. The summed E-state index contributed by atoms with van der Waals surface area (Å²) < 4.78 is 4.68. The minimum atomic E-state index is -0.506. The molecule has 0 aliphatic rings. The molecule has 1 aromatic heterocycles. The van der Waals surface area contributed by atoms with E-state index in [0.29, 0.717) is 34.2 Å². The number of nitrogens with zero attached hydrogens (tertiary/aromatic N) is 2. The summed E-state index contributed by atoms with van der Waals surface area (Å²) in [5, 5.41) is 6.19. The normalized spacial score (nSPS) is 10.5. The lowest BCUT2D eigenvalue weighted by Gasteiger charge is -2.12. The third-order valence-electron chi connectivity index (χ3n) is 3.52. The van der Waals surface area contributed by atoms with Gasteiger partial charge in [-0.2, -0.15) is 0 Å². The minimum Gasteiger partial charge on any atom is -0.465 e. The van der Waals surface area contributed by atoms with Crippen molar-refractivity contribution in [2.24, 2.45) is 0 Å². The van der Waals surface area contributed by atoms with Crippen LogP contribution in [0, 0.1) is 0 Å². The van der Waals surface area contributed by atoms with Crippen LogP contribution in [0.2, 0.25) is 5.02 Å². The molecule has 0 saturated heterocycles. The fraction of sp³-hybridized carbons (Fsp3) is 0.278. The lowest BCUT2D eigenvalue weighted by molar-refractivity contribution is 0.0600. The number of nitrogens with one attached hydrogen (secondary N) is 2. The molecule has 1 amide bonds. The molecule has 7 nitrogen and oxygen atoms in total. The zero-order valence-corrected chi connectivity index (χ0v) is 15.6. The van der Waals surface area contributed by atoms with Gasteiger partial charge in [-0.1, -0.05) is 11.6 Å². The fourth-order valence-electron chi connectivity index (χ4n) is 2.14. The largest absolute Gasteiger partial charge is 0.465 e. The van der Waals surface area contributed by atoms with Gasteiger partial charge in [0.2, 0.25) is 0 Å². The first-order valence-electron chi connectivity index (χ1n) is 7.94. The highest BCUT2D eigenvalue weighted by atomic mass is 35.5. The highest BCUT2D eigenvalue weighted by Gasteiger charge is 2.13. The van der Waals surface area contributed by atoms with Crippen molar-refractivity contribution in [3.05, 3.63) is 52.7 Å². The van der Waals surface area contributed by atoms with Crippen molar-refractivity contribution in [3.63, 3.8) is 0 Å². The van der Waals surface area contributed by atoms with Crippen LogP contribution in [0.4, 0.5) is 11.5 Å². The molecule has 0 spiro atoms. The van der Waals surface area contributed by atoms with Crippen molar-refractivity contribution in [2.75, 3.05) is 44.9 Å². The van der Waals surface area contributed by atoms with Crippen molar-refractivity contribution in [2.45, 2.75) is 0 Å². The molecule has 138 valence electrons. The number of hydrogen-bond donors (Lipinski definition) is 2. The number of esters is 1. The fourth-order valence-corrected chi connectivity index (χ4v) is 2.30. The van der Waals surface area contributed by atoms with Crippen molar-refractivity contribution < 1.29 is 14.3 Å². The number of methoxy groups -OCH3 is 1. The SMILES string of the molecule is COC(=O)c1ccc(Cl)c(NC(=O)c2ccnc(NCCN(C)C)c2)c1. The first-order valence-corrected chi connectivity index (χ1v) is 8.32. The number of halogens is 1. The summed E-state index contributed by atoms with van der Waals surface area (Å²) in [5.74, 6) is -0.255. The quantitative estimate of drug-likeness (QED) is 0.723. The first-order chi connectivity index (χ1) is 12.4. The molecule has 0 radical (unpaired) electrons. The van der Waals surface area contributed by atoms with Gasteiger partial charge in [0.05, 0.1) is 23.4 Å². The maximum atomic E-state index is 12.5. The molecule has 26 heavy (non-hydrogen) atoms. The van der Waals surface area contributed by atoms with Gasteiger partial charge in [-0.05, 0) is 44.4 Å². The van der Waals surface area contributed by atoms with Crippen LogP contribution in [0.15, 0.2) is 36.5 Å². The van der Waals surface area contributed by atoms with E-state index in [1.165, 1.54) is 25.3 Å². The Kier molecular flexibility index (Phi) is 6.94. The Hall–Kier alpha value is -2.64. The molecular formula is C18H21ClN4O3. The second-order valence-corrected chi connectivity index (χ2v) is 6.21. The molecule has 0 fully saturated rings. The Labute approximate surface area is 157 Å².